The Morgan fingerprint density at radius 3 is 1.95 bits per heavy atom. The fraction of sp³-hybridized carbons (Fsp3) is 0.500. The number of amides is 2. The lowest BCUT2D eigenvalue weighted by molar-refractivity contribution is -0.704. The summed E-state index contributed by atoms with van der Waals surface area (Å²) in [6, 6.07) is 20.5. The van der Waals surface area contributed by atoms with E-state index in [0.717, 1.165) is 37.1 Å². The van der Waals surface area contributed by atoms with Crippen LogP contribution in [-0.4, -0.2) is 23.3 Å². The Balaban J connectivity index is 1.58. The fourth-order valence-electron chi connectivity index (χ4n) is 5.52. The molecule has 0 spiro atoms. The van der Waals surface area contributed by atoms with E-state index < -0.39 is 0 Å². The second-order valence-corrected chi connectivity index (χ2v) is 11.6. The summed E-state index contributed by atoms with van der Waals surface area (Å²) in [7, 11) is 0. The van der Waals surface area contributed by atoms with Crippen molar-refractivity contribution in [2.24, 2.45) is 0 Å². The molecular weight excluding hydrogens is 532 g/mol. The molecule has 0 fully saturated rings. The number of carbonyl (C=O) groups excluding carboxylic acids is 2. The Bertz CT molecular complexity index is 1240. The van der Waals surface area contributed by atoms with E-state index in [4.69, 9.17) is 4.74 Å². The molecule has 232 valence electrons. The zero-order valence-corrected chi connectivity index (χ0v) is 26.9. The molecule has 2 aromatic carbocycles. The average Bonchev–Trinajstić information content (AvgIpc) is 3.03. The third-order valence-electron chi connectivity index (χ3n) is 8.10. The molecule has 0 radical (unpaired) electrons. The smallest absolute Gasteiger partial charge is 0.261 e. The van der Waals surface area contributed by atoms with Gasteiger partial charge in [0.25, 0.3) is 11.8 Å². The zero-order valence-electron chi connectivity index (χ0n) is 26.9. The number of unbranched alkanes of at least 4 members (excludes halogenated alkanes) is 11. The van der Waals surface area contributed by atoms with Gasteiger partial charge in [-0.1, -0.05) is 115 Å². The van der Waals surface area contributed by atoms with Crippen molar-refractivity contribution < 1.29 is 18.9 Å². The topological polar surface area (TPSA) is 50.5 Å². The molecule has 0 aliphatic heterocycles. The van der Waals surface area contributed by atoms with E-state index in [0.29, 0.717) is 23.5 Å². The molecule has 3 rings (SSSR count). The van der Waals surface area contributed by atoms with Gasteiger partial charge in [0.2, 0.25) is 5.69 Å². The van der Waals surface area contributed by atoms with Gasteiger partial charge >= 0.3 is 0 Å². The van der Waals surface area contributed by atoms with Gasteiger partial charge in [-0.05, 0) is 37.6 Å². The van der Waals surface area contributed by atoms with Crippen LogP contribution in [0, 0.1) is 6.92 Å². The molecule has 0 bridgehead atoms. The maximum atomic E-state index is 14.0. The number of hydrogen-bond acceptors (Lipinski definition) is 3. The quantitative estimate of drug-likeness (QED) is 0.0754. The molecule has 5 heteroatoms. The molecule has 0 saturated carbocycles. The molecule has 43 heavy (non-hydrogen) atoms. The maximum Gasteiger partial charge on any atom is 0.261 e. The first kappa shape index (κ1) is 34.0. The van der Waals surface area contributed by atoms with Crippen LogP contribution in [0.2, 0.25) is 0 Å². The highest BCUT2D eigenvalue weighted by Gasteiger charge is 2.29. The number of rotatable bonds is 20. The van der Waals surface area contributed by atoms with Crippen LogP contribution in [0.3, 0.4) is 0 Å². The summed E-state index contributed by atoms with van der Waals surface area (Å²) in [6.07, 6.45) is 18.6. The van der Waals surface area contributed by atoms with Crippen LogP contribution >= 0.6 is 0 Å². The highest BCUT2D eigenvalue weighted by atomic mass is 16.5. The predicted octanol–water partition coefficient (Wildman–Crippen LogP) is 9.26. The normalized spacial score (nSPS) is 11.0. The molecule has 1 heterocycles. The van der Waals surface area contributed by atoms with Crippen LogP contribution in [0.4, 0.5) is 0 Å². The largest absolute Gasteiger partial charge is 0.493 e. The van der Waals surface area contributed by atoms with Crippen molar-refractivity contribution in [3.05, 3.63) is 95.3 Å². The minimum Gasteiger partial charge on any atom is -0.493 e. The summed E-state index contributed by atoms with van der Waals surface area (Å²) in [5.74, 6) is 0.0931. The summed E-state index contributed by atoms with van der Waals surface area (Å²) in [5.41, 5.74) is 2.67. The highest BCUT2D eigenvalue weighted by molar-refractivity contribution is 6.10. The van der Waals surface area contributed by atoms with Gasteiger partial charge in [-0.2, -0.15) is 0 Å². The van der Waals surface area contributed by atoms with Gasteiger partial charge in [-0.15, -0.1) is 0 Å². The highest BCUT2D eigenvalue weighted by Crippen LogP contribution is 2.24. The third kappa shape index (κ3) is 11.3. The van der Waals surface area contributed by atoms with Gasteiger partial charge in [0.15, 0.2) is 6.20 Å². The lowest BCUT2D eigenvalue weighted by Crippen LogP contribution is -2.44. The van der Waals surface area contributed by atoms with Crippen molar-refractivity contribution in [1.29, 1.82) is 0 Å². The molecule has 3 aromatic rings. The maximum absolute atomic E-state index is 14.0. The molecule has 0 unspecified atom stereocenters. The molecule has 5 nitrogen and oxygen atoms in total. The SMILES string of the molecule is CCCCCCCCCCCCCCOc1cccc(C(=O)N(Cc2cccc[n+]2CCC)C(=O)c2ccccc2)c1C. The van der Waals surface area contributed by atoms with E-state index in [2.05, 4.69) is 18.4 Å². The Kier molecular flexibility index (Phi) is 15.6. The van der Waals surface area contributed by atoms with Crippen molar-refractivity contribution in [3.63, 3.8) is 0 Å². The predicted molar refractivity (Wildman–Crippen MR) is 175 cm³/mol. The van der Waals surface area contributed by atoms with Crippen LogP contribution in [-0.2, 0) is 13.1 Å². The van der Waals surface area contributed by atoms with Crippen LogP contribution in [0.1, 0.15) is 129 Å². The zero-order chi connectivity index (χ0) is 30.7. The number of hydrogen-bond donors (Lipinski definition) is 0. The molecule has 1 aromatic heterocycles. The third-order valence-corrected chi connectivity index (χ3v) is 8.10. The molecule has 0 saturated heterocycles. The summed E-state index contributed by atoms with van der Waals surface area (Å²) < 4.78 is 8.26. The number of ether oxygens (including phenoxy) is 1. The van der Waals surface area contributed by atoms with Crippen LogP contribution in [0.5, 0.6) is 5.75 Å². The van der Waals surface area contributed by atoms with Crippen molar-refractivity contribution in [2.75, 3.05) is 6.61 Å². The van der Waals surface area contributed by atoms with Crippen molar-refractivity contribution in [1.82, 2.24) is 4.90 Å². The van der Waals surface area contributed by atoms with Gasteiger partial charge in [-0.3, -0.25) is 14.5 Å². The number of carbonyl (C=O) groups is 2. The van der Waals surface area contributed by atoms with Gasteiger partial charge in [-0.25, -0.2) is 4.57 Å². The molecule has 2 amide bonds. The van der Waals surface area contributed by atoms with Crippen molar-refractivity contribution in [3.8, 4) is 5.75 Å². The van der Waals surface area contributed by atoms with Gasteiger partial charge in [0, 0.05) is 35.2 Å². The lowest BCUT2D eigenvalue weighted by atomic mass is 10.0. The van der Waals surface area contributed by atoms with Gasteiger partial charge < -0.3 is 4.74 Å². The summed E-state index contributed by atoms with van der Waals surface area (Å²) >= 11 is 0. The Morgan fingerprint density at radius 2 is 1.30 bits per heavy atom. The number of aromatic nitrogens is 1. The van der Waals surface area contributed by atoms with Gasteiger partial charge in [0.05, 0.1) is 6.61 Å². The number of pyridine rings is 1. The van der Waals surface area contributed by atoms with Crippen molar-refractivity contribution >= 4 is 11.8 Å². The van der Waals surface area contributed by atoms with Crippen LogP contribution in [0.15, 0.2) is 72.9 Å². The van der Waals surface area contributed by atoms with E-state index in [1.54, 1.807) is 18.2 Å². The first-order valence-electron chi connectivity index (χ1n) is 16.7. The van der Waals surface area contributed by atoms with Gasteiger partial charge in [0.1, 0.15) is 18.8 Å². The second-order valence-electron chi connectivity index (χ2n) is 11.6. The number of aryl methyl sites for hydroxylation is 1. The summed E-state index contributed by atoms with van der Waals surface area (Å²) in [4.78, 5) is 29.1. The average molecular weight is 586 g/mol. The summed E-state index contributed by atoms with van der Waals surface area (Å²) in [6.45, 7) is 7.94. The van der Waals surface area contributed by atoms with Crippen LogP contribution in [0.25, 0.3) is 0 Å². The second kappa shape index (κ2) is 19.7. The monoisotopic (exact) mass is 585 g/mol. The van der Waals surface area contributed by atoms with E-state index in [1.807, 2.05) is 61.7 Å². The Hall–Kier alpha value is -3.47. The van der Waals surface area contributed by atoms with Crippen LogP contribution < -0.4 is 9.30 Å². The van der Waals surface area contributed by atoms with E-state index in [9.17, 15) is 9.59 Å². The number of benzene rings is 2. The molecule has 0 aliphatic carbocycles. The van der Waals surface area contributed by atoms with Crippen molar-refractivity contribution in [2.45, 2.75) is 117 Å². The fourth-order valence-corrected chi connectivity index (χ4v) is 5.52. The van der Waals surface area contributed by atoms with E-state index in [1.165, 1.54) is 69.1 Å². The molecule has 0 aliphatic rings. The minimum atomic E-state index is -0.311. The lowest BCUT2D eigenvalue weighted by Gasteiger charge is -2.22. The standard InChI is InChI=1S/C38H53N2O3/c1-4-6-7-8-9-10-11-12-13-14-15-21-30-43-36-27-22-26-35(32(36)3)38(42)40(37(41)33-23-17-16-18-24-33)31-34-25-19-20-29-39(34)28-5-2/h16-20,22-27,29H,4-15,21,28,30-31H2,1-3H3/q+1. The molecular formula is C38H53N2O3+. The van der Waals surface area contributed by atoms with E-state index in [-0.39, 0.29) is 18.4 Å². The number of nitrogens with zero attached hydrogens (tertiary/aromatic N) is 2. The Labute approximate surface area is 260 Å². The Morgan fingerprint density at radius 1 is 0.674 bits per heavy atom. The molecule has 0 N–H and O–H groups in total. The first-order valence-corrected chi connectivity index (χ1v) is 16.7. The summed E-state index contributed by atoms with van der Waals surface area (Å²) in [5, 5.41) is 0. The number of imide groups is 1. The minimum absolute atomic E-state index is 0.191. The molecule has 0 atom stereocenters. The van der Waals surface area contributed by atoms with E-state index >= 15 is 0 Å². The first-order chi connectivity index (χ1) is 21.1.